The molecule has 258 valence electrons. The van der Waals surface area contributed by atoms with E-state index in [9.17, 15) is 13.2 Å². The van der Waals surface area contributed by atoms with Crippen molar-refractivity contribution < 1.29 is 22.4 Å². The van der Waals surface area contributed by atoms with Gasteiger partial charge in [-0.15, -0.1) is 0 Å². The van der Waals surface area contributed by atoms with Crippen molar-refractivity contribution in [2.75, 3.05) is 20.7 Å². The summed E-state index contributed by atoms with van der Waals surface area (Å²) < 4.78 is 49.8. The first-order valence-corrected chi connectivity index (χ1v) is 17.2. The number of methoxy groups -OCH3 is 1. The summed E-state index contributed by atoms with van der Waals surface area (Å²) in [5.74, 6) is 0.875. The standard InChI is InChI=1S/C21H22F3N3O2.C17H17Cl2N/c1-28-17-11-18-15(20(27-29-18)21(22,23)24)10-14(17)12-26-16-8-5-9-25-19(16)13-6-3-2-4-7-13;1-20-17-9-7-12(13-4-2-3-5-14(13)17)11-6-8-15(18)16(19)10-11/h2-4,6-7,10-11,16,19,25-26H,5,8-9,12H2,1H3;2-6,8,10,12,17,20H,7,9H2,1H3/t;12-,17-/m.0/s1. The zero-order chi connectivity index (χ0) is 34.5. The van der Waals surface area contributed by atoms with Crippen LogP contribution in [0.15, 0.2) is 89.5 Å². The fraction of sp³-hybridized carbons (Fsp3) is 0.342. The van der Waals surface area contributed by atoms with Gasteiger partial charge >= 0.3 is 6.18 Å². The minimum atomic E-state index is -4.57. The number of hydrogen-bond acceptors (Lipinski definition) is 6. The number of aromatic nitrogens is 1. The number of nitrogens with one attached hydrogen (secondary N) is 3. The number of alkyl halides is 3. The molecule has 0 bridgehead atoms. The van der Waals surface area contributed by atoms with Crippen LogP contribution in [0.1, 0.15) is 77.2 Å². The summed E-state index contributed by atoms with van der Waals surface area (Å²) in [7, 11) is 3.52. The Morgan fingerprint density at radius 1 is 0.898 bits per heavy atom. The molecule has 2 unspecified atom stereocenters. The highest BCUT2D eigenvalue weighted by Gasteiger charge is 2.37. The lowest BCUT2D eigenvalue weighted by Gasteiger charge is -2.34. The molecule has 0 radical (unpaired) electrons. The van der Waals surface area contributed by atoms with Gasteiger partial charge in [0.05, 0.1) is 22.5 Å². The molecule has 6 nitrogen and oxygen atoms in total. The topological polar surface area (TPSA) is 71.3 Å². The van der Waals surface area contributed by atoms with Gasteiger partial charge in [0, 0.05) is 42.2 Å². The maximum absolute atomic E-state index is 13.2. The second-order valence-corrected chi connectivity index (χ2v) is 13.2. The van der Waals surface area contributed by atoms with Gasteiger partial charge in [0.15, 0.2) is 11.3 Å². The van der Waals surface area contributed by atoms with Gasteiger partial charge in [-0.25, -0.2) is 0 Å². The molecule has 2 heterocycles. The molecule has 7 rings (SSSR count). The Bertz CT molecular complexity index is 1870. The molecule has 1 saturated heterocycles. The molecule has 0 saturated carbocycles. The Hall–Kier alpha value is -3.60. The van der Waals surface area contributed by atoms with E-state index in [1.54, 1.807) is 0 Å². The van der Waals surface area contributed by atoms with Crippen LogP contribution in [0.5, 0.6) is 5.75 Å². The van der Waals surface area contributed by atoms with Gasteiger partial charge in [0.1, 0.15) is 5.75 Å². The van der Waals surface area contributed by atoms with E-state index in [2.05, 4.69) is 63.6 Å². The molecule has 1 aromatic heterocycles. The first kappa shape index (κ1) is 35.2. The van der Waals surface area contributed by atoms with Crippen LogP contribution in [0, 0.1) is 0 Å². The SMILES string of the molecule is CN[C@H]1CC[C@@H](c2ccc(Cl)c(Cl)c2)c2ccccc21.COc1cc2onc(C(F)(F)F)c2cc1CNC1CCCNC1c1ccccc1. The number of rotatable bonds is 7. The van der Waals surface area contributed by atoms with Gasteiger partial charge in [-0.1, -0.05) is 89.0 Å². The first-order valence-electron chi connectivity index (χ1n) is 16.4. The van der Waals surface area contributed by atoms with Crippen molar-refractivity contribution in [2.45, 2.75) is 62.4 Å². The fourth-order valence-electron chi connectivity index (χ4n) is 7.07. The van der Waals surface area contributed by atoms with Crippen molar-refractivity contribution in [1.82, 2.24) is 21.1 Å². The quantitative estimate of drug-likeness (QED) is 0.156. The third-order valence-electron chi connectivity index (χ3n) is 9.50. The molecule has 11 heteroatoms. The Kier molecular flexibility index (Phi) is 11.2. The number of fused-ring (bicyclic) bond motifs is 2. The summed E-state index contributed by atoms with van der Waals surface area (Å²) in [5, 5.41) is 14.8. The summed E-state index contributed by atoms with van der Waals surface area (Å²) in [5.41, 5.74) is 4.91. The van der Waals surface area contributed by atoms with Crippen molar-refractivity contribution in [2.24, 2.45) is 0 Å². The molecular formula is C38H39Cl2F3N4O2. The van der Waals surface area contributed by atoms with Crippen LogP contribution in [-0.2, 0) is 12.7 Å². The molecule has 5 aromatic rings. The van der Waals surface area contributed by atoms with Gasteiger partial charge < -0.3 is 25.2 Å². The lowest BCUT2D eigenvalue weighted by molar-refractivity contribution is -0.141. The van der Waals surface area contributed by atoms with Crippen LogP contribution in [0.2, 0.25) is 10.0 Å². The molecular weight excluding hydrogens is 672 g/mol. The summed E-state index contributed by atoms with van der Waals surface area (Å²) in [4.78, 5) is 0. The summed E-state index contributed by atoms with van der Waals surface area (Å²) >= 11 is 12.2. The predicted molar refractivity (Wildman–Crippen MR) is 188 cm³/mol. The molecule has 0 spiro atoms. The second kappa shape index (κ2) is 15.5. The van der Waals surface area contributed by atoms with Crippen molar-refractivity contribution in [3.8, 4) is 5.75 Å². The van der Waals surface area contributed by atoms with Crippen LogP contribution in [0.3, 0.4) is 0 Å². The van der Waals surface area contributed by atoms with E-state index in [1.807, 2.05) is 37.4 Å². The van der Waals surface area contributed by atoms with Crippen molar-refractivity contribution >= 4 is 34.2 Å². The third-order valence-corrected chi connectivity index (χ3v) is 10.2. The number of hydrogen-bond donors (Lipinski definition) is 3. The summed E-state index contributed by atoms with van der Waals surface area (Å²) in [6, 6.07) is 28.5. The van der Waals surface area contributed by atoms with Crippen LogP contribution in [-0.4, -0.2) is 31.9 Å². The minimum absolute atomic E-state index is 0.0550. The molecule has 1 aliphatic carbocycles. The van der Waals surface area contributed by atoms with Crippen LogP contribution in [0.25, 0.3) is 11.0 Å². The molecule has 4 aromatic carbocycles. The predicted octanol–water partition coefficient (Wildman–Crippen LogP) is 9.62. The lowest BCUT2D eigenvalue weighted by atomic mass is 9.77. The van der Waals surface area contributed by atoms with E-state index in [0.717, 1.165) is 32.2 Å². The fourth-order valence-corrected chi connectivity index (χ4v) is 7.37. The Morgan fingerprint density at radius 3 is 2.37 bits per heavy atom. The van der Waals surface area contributed by atoms with Gasteiger partial charge in [-0.2, -0.15) is 13.2 Å². The molecule has 4 atom stereocenters. The van der Waals surface area contributed by atoms with Crippen LogP contribution >= 0.6 is 23.2 Å². The maximum Gasteiger partial charge on any atom is 0.437 e. The average molecular weight is 712 g/mol. The first-order chi connectivity index (χ1) is 23.7. The van der Waals surface area contributed by atoms with E-state index >= 15 is 0 Å². The Morgan fingerprint density at radius 2 is 1.65 bits per heavy atom. The molecule has 0 amide bonds. The van der Waals surface area contributed by atoms with E-state index in [1.165, 1.54) is 41.5 Å². The molecule has 1 aliphatic heterocycles. The van der Waals surface area contributed by atoms with E-state index in [0.29, 0.717) is 39.9 Å². The largest absolute Gasteiger partial charge is 0.496 e. The van der Waals surface area contributed by atoms with Gasteiger partial charge in [0.2, 0.25) is 0 Å². The van der Waals surface area contributed by atoms with E-state index in [-0.39, 0.29) is 23.1 Å². The van der Waals surface area contributed by atoms with E-state index < -0.39 is 11.9 Å². The number of nitrogens with zero attached hydrogens (tertiary/aromatic N) is 1. The van der Waals surface area contributed by atoms with Crippen LogP contribution < -0.4 is 20.7 Å². The zero-order valence-electron chi connectivity index (χ0n) is 27.3. The molecule has 49 heavy (non-hydrogen) atoms. The Labute approximate surface area is 294 Å². The van der Waals surface area contributed by atoms with Crippen molar-refractivity contribution in [1.29, 1.82) is 0 Å². The molecule has 2 aliphatic rings. The monoisotopic (exact) mass is 710 g/mol. The zero-order valence-corrected chi connectivity index (χ0v) is 28.8. The van der Waals surface area contributed by atoms with Crippen molar-refractivity contribution in [3.05, 3.63) is 128 Å². The number of benzene rings is 4. The summed E-state index contributed by atoms with van der Waals surface area (Å²) in [6.07, 6.45) is -0.311. The number of piperidine rings is 1. The second-order valence-electron chi connectivity index (χ2n) is 12.4. The van der Waals surface area contributed by atoms with Gasteiger partial charge in [-0.05, 0) is 79.7 Å². The normalized spacial score (nSPS) is 20.7. The lowest BCUT2D eigenvalue weighted by Crippen LogP contribution is -2.45. The highest BCUT2D eigenvalue weighted by molar-refractivity contribution is 6.42. The van der Waals surface area contributed by atoms with Crippen LogP contribution in [0.4, 0.5) is 13.2 Å². The molecule has 3 N–H and O–H groups in total. The molecule has 1 fully saturated rings. The third kappa shape index (κ3) is 7.92. The van der Waals surface area contributed by atoms with Gasteiger partial charge in [-0.3, -0.25) is 0 Å². The number of halogens is 5. The average Bonchev–Trinajstić information content (AvgIpc) is 3.55. The van der Waals surface area contributed by atoms with E-state index in [4.69, 9.17) is 32.5 Å². The number of ether oxygens (including phenoxy) is 1. The minimum Gasteiger partial charge on any atom is -0.496 e. The van der Waals surface area contributed by atoms with Gasteiger partial charge in [0.25, 0.3) is 0 Å². The smallest absolute Gasteiger partial charge is 0.437 e. The maximum atomic E-state index is 13.2. The highest BCUT2D eigenvalue weighted by Crippen LogP contribution is 2.42. The highest BCUT2D eigenvalue weighted by atomic mass is 35.5. The van der Waals surface area contributed by atoms with Crippen molar-refractivity contribution in [3.63, 3.8) is 0 Å². The summed E-state index contributed by atoms with van der Waals surface area (Å²) in [6.45, 7) is 1.31. The Balaban J connectivity index is 0.000000182.